The number of hydrogen-bond acceptors (Lipinski definition) is 3. The first kappa shape index (κ1) is 22.7. The third-order valence-electron chi connectivity index (χ3n) is 6.40. The molecule has 2 fully saturated rings. The van der Waals surface area contributed by atoms with Gasteiger partial charge in [0.05, 0.1) is 16.0 Å². The molecule has 1 N–H and O–H groups in total. The molecule has 170 valence electrons. The molecule has 1 aromatic carbocycles. The molecule has 2 aromatic rings. The average Bonchev–Trinajstić information content (AvgIpc) is 3.61. The number of pyridine rings is 1. The average molecular weight is 478 g/mol. The molecule has 1 aliphatic heterocycles. The highest BCUT2D eigenvalue weighted by molar-refractivity contribution is 6.42. The zero-order chi connectivity index (χ0) is 23.0. The summed E-state index contributed by atoms with van der Waals surface area (Å²) in [6, 6.07) is 8.85. The number of piperidine rings is 1. The predicted molar refractivity (Wildman–Crippen MR) is 122 cm³/mol. The number of carbonyl (C=O) groups is 2. The van der Waals surface area contributed by atoms with E-state index in [0.717, 1.165) is 24.0 Å². The van der Waals surface area contributed by atoms with E-state index in [1.807, 2.05) is 17.0 Å². The van der Waals surface area contributed by atoms with Crippen LogP contribution in [0.4, 0.5) is 4.79 Å². The van der Waals surface area contributed by atoms with Crippen molar-refractivity contribution in [1.29, 1.82) is 0 Å². The van der Waals surface area contributed by atoms with Gasteiger partial charge in [0, 0.05) is 45.0 Å². The third kappa shape index (κ3) is 4.64. The van der Waals surface area contributed by atoms with Gasteiger partial charge in [0.1, 0.15) is 0 Å². The zero-order valence-electron chi connectivity index (χ0n) is 17.7. The van der Waals surface area contributed by atoms with Crippen molar-refractivity contribution in [3.63, 3.8) is 0 Å². The van der Waals surface area contributed by atoms with Crippen molar-refractivity contribution in [1.82, 2.24) is 14.4 Å². The van der Waals surface area contributed by atoms with Gasteiger partial charge in [-0.25, -0.2) is 4.79 Å². The summed E-state index contributed by atoms with van der Waals surface area (Å²) in [6.45, 7) is 0.735. The summed E-state index contributed by atoms with van der Waals surface area (Å²) in [6.07, 6.45) is 2.92. The van der Waals surface area contributed by atoms with Crippen LogP contribution in [-0.2, 0) is 18.4 Å². The topological polar surface area (TPSA) is 82.8 Å². The number of aromatic nitrogens is 1. The fourth-order valence-electron chi connectivity index (χ4n) is 4.41. The van der Waals surface area contributed by atoms with Crippen molar-refractivity contribution in [2.75, 3.05) is 13.1 Å². The van der Waals surface area contributed by atoms with Crippen LogP contribution in [0.5, 0.6) is 0 Å². The van der Waals surface area contributed by atoms with E-state index < -0.39 is 12.0 Å². The number of carbonyl (C=O) groups excluding carboxylic acids is 1. The molecule has 1 saturated carbocycles. The molecule has 7 nitrogen and oxygen atoms in total. The molecule has 0 bridgehead atoms. The Labute approximate surface area is 196 Å². The molecule has 2 atom stereocenters. The van der Waals surface area contributed by atoms with E-state index in [0.29, 0.717) is 29.6 Å². The molecular formula is C23H25Cl2N3O4. The molecule has 2 heterocycles. The van der Waals surface area contributed by atoms with Crippen LogP contribution in [0.15, 0.2) is 41.3 Å². The highest BCUT2D eigenvalue weighted by atomic mass is 35.5. The Hall–Kier alpha value is -2.51. The molecule has 1 saturated heterocycles. The molecule has 1 aromatic heterocycles. The number of carboxylic acid groups (broad SMARTS) is 1. The Morgan fingerprint density at radius 2 is 1.94 bits per heavy atom. The van der Waals surface area contributed by atoms with Gasteiger partial charge in [-0.3, -0.25) is 9.59 Å². The Morgan fingerprint density at radius 1 is 1.19 bits per heavy atom. The number of hydrogen-bond donors (Lipinski definition) is 1. The molecule has 0 radical (unpaired) electrons. The summed E-state index contributed by atoms with van der Waals surface area (Å²) in [7, 11) is 1.67. The minimum atomic E-state index is -1.04. The van der Waals surface area contributed by atoms with Gasteiger partial charge in [-0.15, -0.1) is 0 Å². The van der Waals surface area contributed by atoms with E-state index in [-0.39, 0.29) is 30.0 Å². The maximum atomic E-state index is 13.8. The van der Waals surface area contributed by atoms with Crippen LogP contribution in [0.3, 0.4) is 0 Å². The molecule has 2 aliphatic rings. The molecule has 32 heavy (non-hydrogen) atoms. The summed E-state index contributed by atoms with van der Waals surface area (Å²) in [5.41, 5.74) is 1.38. The molecule has 2 amide bonds. The van der Waals surface area contributed by atoms with Gasteiger partial charge in [-0.05, 0) is 48.4 Å². The van der Waals surface area contributed by atoms with Crippen LogP contribution >= 0.6 is 23.2 Å². The van der Waals surface area contributed by atoms with Crippen LogP contribution in [0.2, 0.25) is 10.0 Å². The van der Waals surface area contributed by atoms with Gasteiger partial charge in [0.25, 0.3) is 5.56 Å². The second kappa shape index (κ2) is 9.16. The number of likely N-dealkylation sites (tertiary alicyclic amines) is 1. The van der Waals surface area contributed by atoms with Crippen molar-refractivity contribution in [3.05, 3.63) is 68.1 Å². The number of nitrogens with zero attached hydrogens (tertiary/aromatic N) is 3. The van der Waals surface area contributed by atoms with E-state index in [4.69, 9.17) is 23.2 Å². The summed E-state index contributed by atoms with van der Waals surface area (Å²) in [4.78, 5) is 40.8. The fourth-order valence-corrected chi connectivity index (χ4v) is 4.79. The largest absolute Gasteiger partial charge is 0.465 e. The van der Waals surface area contributed by atoms with Crippen LogP contribution in [0.1, 0.15) is 36.3 Å². The van der Waals surface area contributed by atoms with Gasteiger partial charge >= 0.3 is 6.09 Å². The summed E-state index contributed by atoms with van der Waals surface area (Å²) < 4.78 is 1.48. The number of benzene rings is 1. The molecule has 2 unspecified atom stereocenters. The Bertz CT molecular complexity index is 1100. The summed E-state index contributed by atoms with van der Waals surface area (Å²) in [5.74, 6) is -0.922. The lowest BCUT2D eigenvalue weighted by molar-refractivity contribution is -0.139. The Morgan fingerprint density at radius 3 is 2.59 bits per heavy atom. The second-order valence-electron chi connectivity index (χ2n) is 8.55. The second-order valence-corrected chi connectivity index (χ2v) is 9.33. The number of amides is 2. The monoisotopic (exact) mass is 477 g/mol. The zero-order valence-corrected chi connectivity index (χ0v) is 19.2. The Balaban J connectivity index is 1.66. The van der Waals surface area contributed by atoms with Gasteiger partial charge in [0.2, 0.25) is 5.91 Å². The first-order valence-corrected chi connectivity index (χ1v) is 11.4. The highest BCUT2D eigenvalue weighted by Crippen LogP contribution is 2.38. The van der Waals surface area contributed by atoms with Crippen LogP contribution in [0.25, 0.3) is 0 Å². The number of aryl methyl sites for hydroxylation is 1. The first-order valence-electron chi connectivity index (χ1n) is 10.6. The third-order valence-corrected chi connectivity index (χ3v) is 7.26. The van der Waals surface area contributed by atoms with Crippen LogP contribution in [-0.4, -0.2) is 50.6 Å². The predicted octanol–water partition coefficient (Wildman–Crippen LogP) is 3.97. The molecule has 9 heteroatoms. The maximum Gasteiger partial charge on any atom is 0.407 e. The Kier molecular flexibility index (Phi) is 6.49. The molecule has 1 aliphatic carbocycles. The normalized spacial score (nSPS) is 20.8. The van der Waals surface area contributed by atoms with E-state index in [1.54, 1.807) is 31.4 Å². The number of halogens is 2. The van der Waals surface area contributed by atoms with Gasteiger partial charge < -0.3 is 19.5 Å². The van der Waals surface area contributed by atoms with Crippen molar-refractivity contribution in [2.24, 2.45) is 13.0 Å². The van der Waals surface area contributed by atoms with Gasteiger partial charge in [-0.2, -0.15) is 0 Å². The van der Waals surface area contributed by atoms with Crippen molar-refractivity contribution in [2.45, 2.75) is 37.8 Å². The number of rotatable bonds is 5. The van der Waals surface area contributed by atoms with Gasteiger partial charge in [-0.1, -0.05) is 35.3 Å². The van der Waals surface area contributed by atoms with Crippen molar-refractivity contribution >= 4 is 35.2 Å². The quantitative estimate of drug-likeness (QED) is 0.705. The van der Waals surface area contributed by atoms with E-state index >= 15 is 0 Å². The van der Waals surface area contributed by atoms with Crippen LogP contribution < -0.4 is 5.56 Å². The SMILES string of the molecule is Cn1ccc(C2CCN(C(=O)O)CC2C(=O)N(Cc2cccc(Cl)c2Cl)C2CC2)cc1=O. The standard InChI is InChI=1S/C23H25Cl2N3O4/c1-26-9-7-14(11-20(26)29)17-8-10-27(23(31)32)13-18(17)22(30)28(16-5-6-16)12-15-3-2-4-19(24)21(15)25/h2-4,7,9,11,16-18H,5-6,8,10,12-13H2,1H3,(H,31,32). The first-order chi connectivity index (χ1) is 15.3. The minimum absolute atomic E-state index is 0.0978. The summed E-state index contributed by atoms with van der Waals surface area (Å²) >= 11 is 12.5. The minimum Gasteiger partial charge on any atom is -0.465 e. The lowest BCUT2D eigenvalue weighted by atomic mass is 9.80. The van der Waals surface area contributed by atoms with E-state index in [1.165, 1.54) is 9.47 Å². The fraction of sp³-hybridized carbons (Fsp3) is 0.435. The lowest BCUT2D eigenvalue weighted by Crippen LogP contribution is -2.50. The highest BCUT2D eigenvalue weighted by Gasteiger charge is 2.42. The molecule has 0 spiro atoms. The van der Waals surface area contributed by atoms with Crippen molar-refractivity contribution < 1.29 is 14.7 Å². The molecule has 4 rings (SSSR count). The van der Waals surface area contributed by atoms with E-state index in [2.05, 4.69) is 0 Å². The lowest BCUT2D eigenvalue weighted by Gasteiger charge is -2.39. The van der Waals surface area contributed by atoms with E-state index in [9.17, 15) is 19.5 Å². The summed E-state index contributed by atoms with van der Waals surface area (Å²) in [5, 5.41) is 10.4. The maximum absolute atomic E-state index is 13.8. The van der Waals surface area contributed by atoms with Gasteiger partial charge in [0.15, 0.2) is 0 Å². The van der Waals surface area contributed by atoms with Crippen LogP contribution in [0, 0.1) is 5.92 Å². The van der Waals surface area contributed by atoms with Crippen molar-refractivity contribution in [3.8, 4) is 0 Å². The smallest absolute Gasteiger partial charge is 0.407 e. The molecular weight excluding hydrogens is 453 g/mol.